The van der Waals surface area contributed by atoms with Crippen LogP contribution in [0.4, 0.5) is 0 Å². The minimum Gasteiger partial charge on any atom is -0.396 e. The number of amides is 1. The van der Waals surface area contributed by atoms with Gasteiger partial charge in [0.05, 0.1) is 0 Å². The van der Waals surface area contributed by atoms with Crippen molar-refractivity contribution in [1.82, 2.24) is 10.1 Å². The van der Waals surface area contributed by atoms with E-state index in [-0.39, 0.29) is 30.2 Å². The van der Waals surface area contributed by atoms with Crippen molar-refractivity contribution in [2.75, 3.05) is 6.61 Å². The van der Waals surface area contributed by atoms with Crippen LogP contribution in [0.15, 0.2) is 15.4 Å². The lowest BCUT2D eigenvalue weighted by Crippen LogP contribution is -2.47. The van der Waals surface area contributed by atoms with Crippen LogP contribution in [0, 0.1) is 5.92 Å². The average molecular weight is 280 g/mol. The summed E-state index contributed by atoms with van der Waals surface area (Å²) < 4.78 is 4.96. The molecule has 3 heterocycles. The molecule has 1 amide bonds. The third-order valence-corrected chi connectivity index (χ3v) is 4.54. The minimum atomic E-state index is -0.267. The first-order valence-electron chi connectivity index (χ1n) is 7.26. The highest BCUT2D eigenvalue weighted by Crippen LogP contribution is 2.38. The average Bonchev–Trinajstić information content (AvgIpc) is 2.97. The fraction of sp³-hybridized carbons (Fsp3) is 0.714. The van der Waals surface area contributed by atoms with E-state index in [1.54, 1.807) is 0 Å². The summed E-state index contributed by atoms with van der Waals surface area (Å²) in [7, 11) is 0. The van der Waals surface area contributed by atoms with Crippen molar-refractivity contribution in [2.45, 2.75) is 50.6 Å². The largest absolute Gasteiger partial charge is 0.396 e. The Morgan fingerprint density at radius 2 is 2.10 bits per heavy atom. The predicted molar refractivity (Wildman–Crippen MR) is 71.1 cm³/mol. The molecule has 1 aromatic rings. The number of aromatic nitrogens is 1. The normalized spacial score (nSPS) is 28.9. The second kappa shape index (κ2) is 5.44. The molecule has 0 radical (unpaired) electrons. The van der Waals surface area contributed by atoms with E-state index in [2.05, 4.69) is 5.16 Å². The lowest BCUT2D eigenvalue weighted by molar-refractivity contribution is -0.136. The van der Waals surface area contributed by atoms with E-state index in [1.165, 1.54) is 6.07 Å². The molecule has 0 aromatic carbocycles. The van der Waals surface area contributed by atoms with Gasteiger partial charge in [-0.05, 0) is 31.6 Å². The molecule has 3 atom stereocenters. The Hall–Kier alpha value is -1.56. The number of H-pyrrole nitrogens is 1. The molecule has 2 fully saturated rings. The maximum Gasteiger partial charge on any atom is 0.280 e. The summed E-state index contributed by atoms with van der Waals surface area (Å²) in [5.41, 5.74) is -0.267. The van der Waals surface area contributed by atoms with Gasteiger partial charge in [-0.1, -0.05) is 0 Å². The number of carbonyl (C=O) groups excluding carboxylic acids is 1. The molecule has 3 rings (SSSR count). The second-order valence-electron chi connectivity index (χ2n) is 5.89. The van der Waals surface area contributed by atoms with Crippen LogP contribution in [0.3, 0.4) is 0 Å². The number of hydrogen-bond donors (Lipinski definition) is 2. The first-order chi connectivity index (χ1) is 9.67. The smallest absolute Gasteiger partial charge is 0.280 e. The molecule has 0 spiro atoms. The predicted octanol–water partition coefficient (Wildman–Crippen LogP) is 0.662. The number of aryl methyl sites for hydroxylation is 1. The maximum absolute atomic E-state index is 12.4. The van der Waals surface area contributed by atoms with E-state index < -0.39 is 0 Å². The van der Waals surface area contributed by atoms with Gasteiger partial charge < -0.3 is 14.5 Å². The fourth-order valence-corrected chi connectivity index (χ4v) is 3.65. The van der Waals surface area contributed by atoms with E-state index >= 15 is 0 Å². The number of aromatic amines is 1. The van der Waals surface area contributed by atoms with Gasteiger partial charge in [-0.3, -0.25) is 9.59 Å². The van der Waals surface area contributed by atoms with Gasteiger partial charge in [-0.25, -0.2) is 0 Å². The second-order valence-corrected chi connectivity index (χ2v) is 5.89. The number of piperidine rings is 1. The fourth-order valence-electron chi connectivity index (χ4n) is 3.65. The van der Waals surface area contributed by atoms with Gasteiger partial charge in [0, 0.05) is 37.6 Å². The van der Waals surface area contributed by atoms with Crippen molar-refractivity contribution in [3.8, 4) is 0 Å². The van der Waals surface area contributed by atoms with Crippen LogP contribution in [0.2, 0.25) is 0 Å². The number of aliphatic hydroxyl groups excluding tert-OH is 1. The number of nitrogens with one attached hydrogen (secondary N) is 1. The summed E-state index contributed by atoms with van der Waals surface area (Å²) >= 11 is 0. The molecule has 6 heteroatoms. The molecule has 110 valence electrons. The Morgan fingerprint density at radius 1 is 1.40 bits per heavy atom. The third-order valence-electron chi connectivity index (χ3n) is 4.54. The molecule has 2 aliphatic rings. The van der Waals surface area contributed by atoms with Gasteiger partial charge in [-0.2, -0.15) is 5.16 Å². The minimum absolute atomic E-state index is 0.137. The van der Waals surface area contributed by atoms with Gasteiger partial charge in [0.2, 0.25) is 5.91 Å². The molecular weight excluding hydrogens is 260 g/mol. The molecule has 2 saturated heterocycles. The van der Waals surface area contributed by atoms with E-state index in [9.17, 15) is 14.7 Å². The molecular formula is C14H20N2O4. The molecule has 1 unspecified atom stereocenters. The quantitative estimate of drug-likeness (QED) is 0.848. The molecule has 1 aromatic heterocycles. The molecule has 2 aliphatic heterocycles. The molecule has 2 N–H and O–H groups in total. The first-order valence-corrected chi connectivity index (χ1v) is 7.26. The Kier molecular flexibility index (Phi) is 3.65. The lowest BCUT2D eigenvalue weighted by Gasteiger charge is -2.38. The Balaban J connectivity index is 1.59. The standard InChI is InChI=1S/C14H20N2O4/c17-8-9-5-10-1-2-11(6-9)16(10)14(19)4-3-12-7-13(18)15-20-12/h7,9-11,17H,1-6,8H2,(H,15,18)/t9?,10-,11+. The zero-order chi connectivity index (χ0) is 14.1. The summed E-state index contributed by atoms with van der Waals surface area (Å²) in [6.45, 7) is 0.226. The molecule has 6 nitrogen and oxygen atoms in total. The van der Waals surface area contributed by atoms with Crippen molar-refractivity contribution in [3.05, 3.63) is 22.2 Å². The number of hydrogen-bond acceptors (Lipinski definition) is 4. The molecule has 2 bridgehead atoms. The van der Waals surface area contributed by atoms with Crippen LogP contribution in [-0.4, -0.2) is 39.8 Å². The third kappa shape index (κ3) is 2.52. The topological polar surface area (TPSA) is 86.5 Å². The van der Waals surface area contributed by atoms with Crippen molar-refractivity contribution < 1.29 is 14.4 Å². The van der Waals surface area contributed by atoms with Crippen LogP contribution in [0.1, 0.15) is 37.9 Å². The highest BCUT2D eigenvalue weighted by Gasteiger charge is 2.42. The van der Waals surface area contributed by atoms with E-state index in [0.29, 0.717) is 24.5 Å². The van der Waals surface area contributed by atoms with Gasteiger partial charge in [0.25, 0.3) is 5.56 Å². The van der Waals surface area contributed by atoms with Gasteiger partial charge >= 0.3 is 0 Å². The van der Waals surface area contributed by atoms with Crippen LogP contribution in [0.25, 0.3) is 0 Å². The van der Waals surface area contributed by atoms with Crippen molar-refractivity contribution in [2.24, 2.45) is 5.92 Å². The SMILES string of the molecule is O=C(CCc1cc(=O)[nH]o1)N1[C@@H]2CC[C@H]1CC(CO)C2. The zero-order valence-corrected chi connectivity index (χ0v) is 11.4. The van der Waals surface area contributed by atoms with Gasteiger partial charge in [0.1, 0.15) is 5.76 Å². The summed E-state index contributed by atoms with van der Waals surface area (Å²) in [4.78, 5) is 25.3. The monoisotopic (exact) mass is 280 g/mol. The number of rotatable bonds is 4. The number of nitrogens with zero attached hydrogens (tertiary/aromatic N) is 1. The molecule has 0 aliphatic carbocycles. The summed E-state index contributed by atoms with van der Waals surface area (Å²) in [6.07, 6.45) is 4.75. The number of aliphatic hydroxyl groups is 1. The summed E-state index contributed by atoms with van der Waals surface area (Å²) in [6, 6.07) is 1.97. The van der Waals surface area contributed by atoms with Crippen LogP contribution >= 0.6 is 0 Å². The highest BCUT2D eigenvalue weighted by atomic mass is 16.5. The van der Waals surface area contributed by atoms with E-state index in [4.69, 9.17) is 4.52 Å². The Labute approximate surface area is 116 Å². The van der Waals surface area contributed by atoms with Crippen LogP contribution in [-0.2, 0) is 11.2 Å². The van der Waals surface area contributed by atoms with Gasteiger partial charge in [-0.15, -0.1) is 0 Å². The summed E-state index contributed by atoms with van der Waals surface area (Å²) in [5, 5.41) is 11.5. The van der Waals surface area contributed by atoms with Crippen LogP contribution in [0.5, 0.6) is 0 Å². The van der Waals surface area contributed by atoms with Gasteiger partial charge in [0.15, 0.2) is 0 Å². The first kappa shape index (κ1) is 13.4. The number of fused-ring (bicyclic) bond motifs is 2. The van der Waals surface area contributed by atoms with E-state index in [1.807, 2.05) is 4.90 Å². The lowest BCUT2D eigenvalue weighted by atomic mass is 9.91. The highest BCUT2D eigenvalue weighted by molar-refractivity contribution is 5.77. The molecule has 20 heavy (non-hydrogen) atoms. The van der Waals surface area contributed by atoms with Crippen LogP contribution < -0.4 is 5.56 Å². The Bertz CT molecular complexity index is 521. The van der Waals surface area contributed by atoms with Crippen molar-refractivity contribution >= 4 is 5.91 Å². The molecule has 0 saturated carbocycles. The van der Waals surface area contributed by atoms with Crippen molar-refractivity contribution in [3.63, 3.8) is 0 Å². The maximum atomic E-state index is 12.4. The number of carbonyl (C=O) groups is 1. The zero-order valence-electron chi connectivity index (χ0n) is 11.4. The van der Waals surface area contributed by atoms with E-state index in [0.717, 1.165) is 25.7 Å². The Morgan fingerprint density at radius 3 is 2.65 bits per heavy atom. The van der Waals surface area contributed by atoms with Crippen molar-refractivity contribution in [1.29, 1.82) is 0 Å². The summed E-state index contributed by atoms with van der Waals surface area (Å²) in [5.74, 6) is 1.01.